The van der Waals surface area contributed by atoms with Gasteiger partial charge >= 0.3 is 0 Å². The van der Waals surface area contributed by atoms with Crippen molar-refractivity contribution in [3.05, 3.63) is 65.5 Å². The third-order valence-corrected chi connectivity index (χ3v) is 4.37. The zero-order valence-electron chi connectivity index (χ0n) is 12.9. The number of rotatable bonds is 6. The predicted octanol–water partition coefficient (Wildman–Crippen LogP) is 4.23. The van der Waals surface area contributed by atoms with E-state index in [1.807, 2.05) is 12.4 Å². The zero-order valence-corrected chi connectivity index (χ0v) is 12.9. The van der Waals surface area contributed by atoms with Crippen molar-refractivity contribution in [3.63, 3.8) is 0 Å². The fraction of sp³-hybridized carbons (Fsp3) is 0.421. The van der Waals surface area contributed by atoms with Gasteiger partial charge in [-0.2, -0.15) is 0 Å². The van der Waals surface area contributed by atoms with E-state index >= 15 is 0 Å². The Morgan fingerprint density at radius 2 is 2.05 bits per heavy atom. The summed E-state index contributed by atoms with van der Waals surface area (Å²) in [7, 11) is 0. The van der Waals surface area contributed by atoms with Crippen molar-refractivity contribution < 1.29 is 0 Å². The van der Waals surface area contributed by atoms with Gasteiger partial charge < -0.3 is 5.32 Å². The lowest BCUT2D eigenvalue weighted by Crippen LogP contribution is -2.24. The average molecular weight is 280 g/mol. The lowest BCUT2D eigenvalue weighted by Gasteiger charge is -2.19. The van der Waals surface area contributed by atoms with Crippen LogP contribution in [-0.4, -0.2) is 11.5 Å². The maximum atomic E-state index is 4.38. The van der Waals surface area contributed by atoms with Crippen LogP contribution in [0.4, 0.5) is 0 Å². The summed E-state index contributed by atoms with van der Waals surface area (Å²) in [6.45, 7) is 5.41. The number of pyridine rings is 1. The predicted molar refractivity (Wildman–Crippen MR) is 87.3 cm³/mol. The lowest BCUT2D eigenvalue weighted by atomic mass is 9.99. The van der Waals surface area contributed by atoms with Crippen molar-refractivity contribution in [2.45, 2.75) is 38.6 Å². The van der Waals surface area contributed by atoms with Gasteiger partial charge in [0.15, 0.2) is 0 Å². The van der Waals surface area contributed by atoms with E-state index in [9.17, 15) is 0 Å². The lowest BCUT2D eigenvalue weighted by molar-refractivity contribution is 0.472. The molecule has 2 aromatic rings. The van der Waals surface area contributed by atoms with Crippen LogP contribution < -0.4 is 5.32 Å². The number of nitrogens with one attached hydrogen (secondary N) is 1. The number of benzene rings is 1. The van der Waals surface area contributed by atoms with E-state index in [1.165, 1.54) is 29.5 Å². The summed E-state index contributed by atoms with van der Waals surface area (Å²) >= 11 is 0. The molecule has 0 aliphatic heterocycles. The van der Waals surface area contributed by atoms with E-state index in [0.717, 1.165) is 6.54 Å². The minimum Gasteiger partial charge on any atom is -0.310 e. The normalized spacial score (nSPS) is 22.0. The van der Waals surface area contributed by atoms with Gasteiger partial charge in [-0.05, 0) is 54.8 Å². The number of nitrogens with zero attached hydrogens (tertiary/aromatic N) is 1. The Kier molecular flexibility index (Phi) is 4.35. The molecule has 2 nitrogen and oxygen atoms in total. The largest absolute Gasteiger partial charge is 0.310 e. The molecule has 1 aromatic heterocycles. The van der Waals surface area contributed by atoms with E-state index in [1.54, 1.807) is 0 Å². The van der Waals surface area contributed by atoms with E-state index in [2.05, 4.69) is 60.5 Å². The van der Waals surface area contributed by atoms with E-state index in [0.29, 0.717) is 17.9 Å². The van der Waals surface area contributed by atoms with Gasteiger partial charge in [-0.15, -0.1) is 0 Å². The highest BCUT2D eigenvalue weighted by molar-refractivity contribution is 5.30. The summed E-state index contributed by atoms with van der Waals surface area (Å²) in [6.07, 6.45) is 6.40. The molecule has 21 heavy (non-hydrogen) atoms. The molecule has 1 N–H and O–H groups in total. The molecule has 0 spiro atoms. The first kappa shape index (κ1) is 14.3. The van der Waals surface area contributed by atoms with Gasteiger partial charge in [0, 0.05) is 18.4 Å². The van der Waals surface area contributed by atoms with Crippen LogP contribution in [0.3, 0.4) is 0 Å². The molecule has 1 aliphatic rings. The number of hydrogen-bond donors (Lipinski definition) is 1. The van der Waals surface area contributed by atoms with Crippen molar-refractivity contribution in [2.75, 3.05) is 6.54 Å². The fourth-order valence-corrected chi connectivity index (χ4v) is 3.23. The molecule has 1 aliphatic carbocycles. The SMILES string of the molecule is CCCNC(c1cncc(C)c1)C1CC1c1ccccc1. The minimum atomic E-state index is 0.433. The highest BCUT2D eigenvalue weighted by atomic mass is 14.9. The monoisotopic (exact) mass is 280 g/mol. The van der Waals surface area contributed by atoms with Gasteiger partial charge in [0.1, 0.15) is 0 Å². The highest BCUT2D eigenvalue weighted by Gasteiger charge is 2.44. The Hall–Kier alpha value is -1.67. The van der Waals surface area contributed by atoms with Crippen molar-refractivity contribution >= 4 is 0 Å². The van der Waals surface area contributed by atoms with Gasteiger partial charge in [-0.3, -0.25) is 4.98 Å². The Balaban J connectivity index is 1.78. The van der Waals surface area contributed by atoms with Crippen LogP contribution in [-0.2, 0) is 0 Å². The topological polar surface area (TPSA) is 24.9 Å². The van der Waals surface area contributed by atoms with Gasteiger partial charge in [-0.1, -0.05) is 43.3 Å². The van der Waals surface area contributed by atoms with E-state index < -0.39 is 0 Å². The first-order valence-corrected chi connectivity index (χ1v) is 7.99. The molecule has 0 radical (unpaired) electrons. The van der Waals surface area contributed by atoms with Crippen LogP contribution >= 0.6 is 0 Å². The summed E-state index contributed by atoms with van der Waals surface area (Å²) in [5.74, 6) is 1.39. The Labute approximate surface area is 127 Å². The molecule has 0 bridgehead atoms. The fourth-order valence-electron chi connectivity index (χ4n) is 3.23. The first-order chi connectivity index (χ1) is 10.3. The Morgan fingerprint density at radius 3 is 2.76 bits per heavy atom. The van der Waals surface area contributed by atoms with Crippen LogP contribution in [0.2, 0.25) is 0 Å². The molecule has 3 rings (SSSR count). The number of aromatic nitrogens is 1. The first-order valence-electron chi connectivity index (χ1n) is 7.99. The van der Waals surface area contributed by atoms with E-state index in [4.69, 9.17) is 0 Å². The molecule has 3 unspecified atom stereocenters. The second-order valence-electron chi connectivity index (χ2n) is 6.14. The zero-order chi connectivity index (χ0) is 14.7. The van der Waals surface area contributed by atoms with Crippen LogP contribution in [0, 0.1) is 12.8 Å². The summed E-state index contributed by atoms with van der Waals surface area (Å²) < 4.78 is 0. The number of aryl methyl sites for hydroxylation is 1. The van der Waals surface area contributed by atoms with Gasteiger partial charge in [0.05, 0.1) is 0 Å². The summed E-state index contributed by atoms with van der Waals surface area (Å²) in [5, 5.41) is 3.73. The van der Waals surface area contributed by atoms with Crippen LogP contribution in [0.15, 0.2) is 48.8 Å². The Bertz CT molecular complexity index is 579. The van der Waals surface area contributed by atoms with Crippen LogP contribution in [0.25, 0.3) is 0 Å². The smallest absolute Gasteiger partial charge is 0.0370 e. The maximum Gasteiger partial charge on any atom is 0.0370 e. The standard InChI is InChI=1S/C19H24N2/c1-3-9-21-19(16-10-14(2)12-20-13-16)18-11-17(18)15-7-5-4-6-8-15/h4-8,10,12-13,17-19,21H,3,9,11H2,1-2H3. The highest BCUT2D eigenvalue weighted by Crippen LogP contribution is 2.53. The molecule has 110 valence electrons. The van der Waals surface area contributed by atoms with Crippen molar-refractivity contribution in [1.29, 1.82) is 0 Å². The average Bonchev–Trinajstić information content (AvgIpc) is 3.29. The molecule has 0 saturated heterocycles. The molecule has 1 fully saturated rings. The number of hydrogen-bond acceptors (Lipinski definition) is 2. The van der Waals surface area contributed by atoms with Crippen molar-refractivity contribution in [2.24, 2.45) is 5.92 Å². The molecule has 1 heterocycles. The van der Waals surface area contributed by atoms with Crippen molar-refractivity contribution in [1.82, 2.24) is 10.3 Å². The van der Waals surface area contributed by atoms with Crippen LogP contribution in [0.5, 0.6) is 0 Å². The van der Waals surface area contributed by atoms with Crippen molar-refractivity contribution in [3.8, 4) is 0 Å². The Morgan fingerprint density at radius 1 is 1.24 bits per heavy atom. The minimum absolute atomic E-state index is 0.433. The second-order valence-corrected chi connectivity index (χ2v) is 6.14. The molecule has 1 saturated carbocycles. The maximum absolute atomic E-state index is 4.38. The third kappa shape index (κ3) is 3.33. The molecule has 1 aromatic carbocycles. The molecular weight excluding hydrogens is 256 g/mol. The summed E-state index contributed by atoms with van der Waals surface area (Å²) in [4.78, 5) is 4.38. The van der Waals surface area contributed by atoms with Gasteiger partial charge in [0.25, 0.3) is 0 Å². The quantitative estimate of drug-likeness (QED) is 0.856. The summed E-state index contributed by atoms with van der Waals surface area (Å²) in [5.41, 5.74) is 4.06. The van der Waals surface area contributed by atoms with Crippen LogP contribution in [0.1, 0.15) is 48.4 Å². The molecule has 3 atom stereocenters. The third-order valence-electron chi connectivity index (χ3n) is 4.37. The summed E-state index contributed by atoms with van der Waals surface area (Å²) in [6, 6.07) is 13.6. The van der Waals surface area contributed by atoms with Gasteiger partial charge in [-0.25, -0.2) is 0 Å². The molecular formula is C19H24N2. The second kappa shape index (κ2) is 6.40. The molecule has 0 amide bonds. The van der Waals surface area contributed by atoms with E-state index in [-0.39, 0.29) is 0 Å². The molecule has 2 heteroatoms. The van der Waals surface area contributed by atoms with Gasteiger partial charge in [0.2, 0.25) is 0 Å².